The van der Waals surface area contributed by atoms with Crippen molar-refractivity contribution in [1.82, 2.24) is 10.2 Å². The van der Waals surface area contributed by atoms with Gasteiger partial charge in [0.25, 0.3) is 0 Å². The summed E-state index contributed by atoms with van der Waals surface area (Å²) in [4.78, 5) is 2.42. The van der Waals surface area contributed by atoms with Gasteiger partial charge in [0.2, 0.25) is 0 Å². The van der Waals surface area contributed by atoms with E-state index < -0.39 is 0 Å². The van der Waals surface area contributed by atoms with Crippen molar-refractivity contribution >= 4 is 0 Å². The fourth-order valence-corrected chi connectivity index (χ4v) is 2.13. The van der Waals surface area contributed by atoms with Crippen LogP contribution in [-0.2, 0) is 6.54 Å². The van der Waals surface area contributed by atoms with Gasteiger partial charge in [0, 0.05) is 24.7 Å². The van der Waals surface area contributed by atoms with Crippen molar-refractivity contribution in [1.29, 1.82) is 0 Å². The molecule has 3 nitrogen and oxygen atoms in total. The summed E-state index contributed by atoms with van der Waals surface area (Å²) in [6.45, 7) is 10.9. The second-order valence-corrected chi connectivity index (χ2v) is 4.87. The third-order valence-electron chi connectivity index (χ3n) is 3.35. The first-order valence-corrected chi connectivity index (χ1v) is 7.31. The summed E-state index contributed by atoms with van der Waals surface area (Å²) in [7, 11) is 0. The maximum atomic E-state index is 5.56. The summed E-state index contributed by atoms with van der Waals surface area (Å²) in [5, 5.41) is 3.54. The largest absolute Gasteiger partial charge is 0.481 e. The van der Waals surface area contributed by atoms with Gasteiger partial charge >= 0.3 is 0 Å². The normalized spacial score (nSPS) is 12.2. The molecule has 0 heterocycles. The van der Waals surface area contributed by atoms with E-state index in [1.165, 1.54) is 0 Å². The van der Waals surface area contributed by atoms with Crippen LogP contribution in [0.25, 0.3) is 0 Å². The van der Waals surface area contributed by atoms with Crippen LogP contribution in [0.1, 0.15) is 26.3 Å². The minimum Gasteiger partial charge on any atom is -0.481 e. The summed E-state index contributed by atoms with van der Waals surface area (Å²) < 4.78 is 5.56. The van der Waals surface area contributed by atoms with Gasteiger partial charge in [-0.1, -0.05) is 38.0 Å². The molecule has 1 aromatic carbocycles. The first-order chi connectivity index (χ1) is 9.71. The van der Waals surface area contributed by atoms with E-state index in [-0.39, 0.29) is 0 Å². The number of hydrogen-bond acceptors (Lipinski definition) is 3. The molecule has 20 heavy (non-hydrogen) atoms. The first-order valence-electron chi connectivity index (χ1n) is 7.31. The summed E-state index contributed by atoms with van der Waals surface area (Å²) in [5.41, 5.74) is 1.15. The number of nitrogens with one attached hydrogen (secondary N) is 1. The maximum Gasteiger partial charge on any atom is 0.148 e. The number of likely N-dealkylation sites (N-methyl/N-ethyl adjacent to an activating group) is 1. The molecule has 0 saturated heterocycles. The molecule has 0 aromatic heterocycles. The van der Waals surface area contributed by atoms with Gasteiger partial charge in [-0.15, -0.1) is 6.42 Å². The van der Waals surface area contributed by atoms with Gasteiger partial charge in [-0.2, -0.15) is 0 Å². The summed E-state index contributed by atoms with van der Waals surface area (Å²) in [6.07, 6.45) is 5.24. The fourth-order valence-electron chi connectivity index (χ4n) is 2.13. The third-order valence-corrected chi connectivity index (χ3v) is 3.35. The van der Waals surface area contributed by atoms with Crippen LogP contribution in [0.2, 0.25) is 0 Å². The first kappa shape index (κ1) is 16.6. The van der Waals surface area contributed by atoms with E-state index in [4.69, 9.17) is 11.2 Å². The molecule has 1 N–H and O–H groups in total. The van der Waals surface area contributed by atoms with E-state index in [1.807, 2.05) is 18.2 Å². The number of ether oxygens (including phenoxy) is 1. The van der Waals surface area contributed by atoms with Crippen molar-refractivity contribution in [2.75, 3.05) is 26.2 Å². The maximum absolute atomic E-state index is 5.56. The zero-order chi connectivity index (χ0) is 14.8. The average Bonchev–Trinajstić information content (AvgIpc) is 2.49. The summed E-state index contributed by atoms with van der Waals surface area (Å²) >= 11 is 0. The standard InChI is InChI=1S/C17H26N2O/c1-5-12-20-17-11-9-8-10-16(17)13-18-15(4)14-19(6-2)7-3/h1,8-11,15,18H,6-7,12-14H2,2-4H3. The van der Waals surface area contributed by atoms with Crippen LogP contribution in [0.4, 0.5) is 0 Å². The van der Waals surface area contributed by atoms with E-state index >= 15 is 0 Å². The molecule has 0 amide bonds. The molecule has 110 valence electrons. The Morgan fingerprint density at radius 2 is 2.00 bits per heavy atom. The van der Waals surface area contributed by atoms with Crippen LogP contribution >= 0.6 is 0 Å². The molecule has 0 aliphatic heterocycles. The van der Waals surface area contributed by atoms with E-state index in [1.54, 1.807) is 0 Å². The van der Waals surface area contributed by atoms with Crippen molar-refractivity contribution in [2.24, 2.45) is 0 Å². The van der Waals surface area contributed by atoms with Gasteiger partial charge in [0.1, 0.15) is 12.4 Å². The highest BCUT2D eigenvalue weighted by Gasteiger charge is 2.08. The number of rotatable bonds is 9. The van der Waals surface area contributed by atoms with Gasteiger partial charge in [0.05, 0.1) is 0 Å². The molecule has 1 unspecified atom stereocenters. The Bertz CT molecular complexity index is 421. The van der Waals surface area contributed by atoms with Gasteiger partial charge < -0.3 is 15.0 Å². The smallest absolute Gasteiger partial charge is 0.148 e. The van der Waals surface area contributed by atoms with Crippen molar-refractivity contribution in [2.45, 2.75) is 33.4 Å². The molecular formula is C17H26N2O. The van der Waals surface area contributed by atoms with E-state index in [2.05, 4.69) is 43.0 Å². The van der Waals surface area contributed by atoms with Crippen LogP contribution in [0, 0.1) is 12.3 Å². The molecule has 3 heteroatoms. The Kier molecular flexibility index (Phi) is 7.79. The minimum atomic E-state index is 0.312. The lowest BCUT2D eigenvalue weighted by atomic mass is 10.2. The highest BCUT2D eigenvalue weighted by molar-refractivity contribution is 5.33. The molecule has 1 aromatic rings. The lowest BCUT2D eigenvalue weighted by Gasteiger charge is -2.23. The Hall–Kier alpha value is -1.50. The lowest BCUT2D eigenvalue weighted by molar-refractivity contribution is 0.270. The zero-order valence-corrected chi connectivity index (χ0v) is 12.9. The number of hydrogen-bond donors (Lipinski definition) is 1. The minimum absolute atomic E-state index is 0.312. The number of terminal acetylenes is 1. The third kappa shape index (κ3) is 5.64. The molecule has 1 rings (SSSR count). The average molecular weight is 274 g/mol. The molecule has 0 radical (unpaired) electrons. The van der Waals surface area contributed by atoms with Crippen LogP contribution in [0.15, 0.2) is 24.3 Å². The second-order valence-electron chi connectivity index (χ2n) is 4.87. The molecule has 0 saturated carbocycles. The van der Waals surface area contributed by atoms with Crippen LogP contribution in [0.3, 0.4) is 0 Å². The highest BCUT2D eigenvalue weighted by Crippen LogP contribution is 2.17. The molecule has 1 atom stereocenters. The SMILES string of the molecule is C#CCOc1ccccc1CNC(C)CN(CC)CC. The van der Waals surface area contributed by atoms with Crippen LogP contribution < -0.4 is 10.1 Å². The predicted octanol–water partition coefficient (Wildman–Crippen LogP) is 2.52. The molecular weight excluding hydrogens is 248 g/mol. The Morgan fingerprint density at radius 1 is 1.30 bits per heavy atom. The Balaban J connectivity index is 2.50. The second kappa shape index (κ2) is 9.41. The lowest BCUT2D eigenvalue weighted by Crippen LogP contribution is -2.38. The summed E-state index contributed by atoms with van der Waals surface area (Å²) in [6, 6.07) is 8.46. The predicted molar refractivity (Wildman–Crippen MR) is 84.9 cm³/mol. The van der Waals surface area contributed by atoms with Crippen molar-refractivity contribution in [3.8, 4) is 18.1 Å². The molecule has 0 spiro atoms. The Morgan fingerprint density at radius 3 is 2.65 bits per heavy atom. The number of para-hydroxylation sites is 1. The molecule has 0 aliphatic carbocycles. The Labute approximate surface area is 123 Å². The van der Waals surface area contributed by atoms with Crippen molar-refractivity contribution in [3.05, 3.63) is 29.8 Å². The molecule has 0 fully saturated rings. The topological polar surface area (TPSA) is 24.5 Å². The molecule has 0 bridgehead atoms. The van der Waals surface area contributed by atoms with Gasteiger partial charge in [-0.25, -0.2) is 0 Å². The fraction of sp³-hybridized carbons (Fsp3) is 0.529. The van der Waals surface area contributed by atoms with Gasteiger partial charge in [-0.3, -0.25) is 0 Å². The number of nitrogens with zero attached hydrogens (tertiary/aromatic N) is 1. The van der Waals surface area contributed by atoms with Crippen LogP contribution in [-0.4, -0.2) is 37.2 Å². The van der Waals surface area contributed by atoms with E-state index in [0.717, 1.165) is 37.5 Å². The monoisotopic (exact) mass is 274 g/mol. The van der Waals surface area contributed by atoms with Crippen molar-refractivity contribution in [3.63, 3.8) is 0 Å². The zero-order valence-electron chi connectivity index (χ0n) is 12.9. The van der Waals surface area contributed by atoms with E-state index in [0.29, 0.717) is 12.6 Å². The number of benzene rings is 1. The quantitative estimate of drug-likeness (QED) is 0.700. The van der Waals surface area contributed by atoms with Gasteiger partial charge in [-0.05, 0) is 26.1 Å². The van der Waals surface area contributed by atoms with Crippen LogP contribution in [0.5, 0.6) is 5.75 Å². The highest BCUT2D eigenvalue weighted by atomic mass is 16.5. The summed E-state index contributed by atoms with van der Waals surface area (Å²) in [5.74, 6) is 3.37. The van der Waals surface area contributed by atoms with E-state index in [9.17, 15) is 0 Å². The molecule has 0 aliphatic rings. The van der Waals surface area contributed by atoms with Crippen molar-refractivity contribution < 1.29 is 4.74 Å². The van der Waals surface area contributed by atoms with Gasteiger partial charge in [0.15, 0.2) is 0 Å².